The molecule has 0 unspecified atom stereocenters. The Kier molecular flexibility index (Phi) is 3.53. The van der Waals surface area contributed by atoms with Gasteiger partial charge in [-0.1, -0.05) is 18.2 Å². The molecule has 1 N–H and O–H groups in total. The maximum atomic E-state index is 3.46. The molecular weight excluding hydrogens is 208 g/mol. The second-order valence-corrected chi connectivity index (χ2v) is 5.10. The minimum absolute atomic E-state index is 0.612. The first-order valence-corrected chi connectivity index (χ1v) is 6.36. The molecule has 2 aromatic rings. The predicted octanol–water partition coefficient (Wildman–Crippen LogP) is 3.36. The van der Waals surface area contributed by atoms with Gasteiger partial charge < -0.3 is 9.88 Å². The molecular formula is C15H22N2. The highest BCUT2D eigenvalue weighted by Gasteiger charge is 2.09. The van der Waals surface area contributed by atoms with Crippen molar-refractivity contribution in [3.05, 3.63) is 35.5 Å². The first kappa shape index (κ1) is 12.2. The molecule has 0 fully saturated rings. The summed E-state index contributed by atoms with van der Waals surface area (Å²) in [5, 5.41) is 1.38. The van der Waals surface area contributed by atoms with Crippen LogP contribution in [0.1, 0.15) is 25.1 Å². The molecule has 0 bridgehead atoms. The third-order valence-corrected chi connectivity index (χ3v) is 3.62. The molecule has 0 aliphatic carbocycles. The molecule has 2 rings (SSSR count). The van der Waals surface area contributed by atoms with E-state index >= 15 is 0 Å². The third kappa shape index (κ3) is 2.52. The van der Waals surface area contributed by atoms with Crippen molar-refractivity contribution in [3.63, 3.8) is 0 Å². The van der Waals surface area contributed by atoms with Crippen molar-refractivity contribution >= 4 is 10.9 Å². The Morgan fingerprint density at radius 2 is 1.94 bits per heavy atom. The smallest absolute Gasteiger partial charge is 0.0458 e. The van der Waals surface area contributed by atoms with Crippen molar-refractivity contribution in [2.45, 2.75) is 33.2 Å². The van der Waals surface area contributed by atoms with Crippen LogP contribution in [-0.2, 0) is 6.42 Å². The van der Waals surface area contributed by atoms with Crippen molar-refractivity contribution < 1.29 is 0 Å². The van der Waals surface area contributed by atoms with E-state index in [9.17, 15) is 0 Å². The topological polar surface area (TPSA) is 19.0 Å². The number of likely N-dealkylation sites (N-methyl/N-ethyl adjacent to an activating group) is 1. The summed E-state index contributed by atoms with van der Waals surface area (Å²) in [6.45, 7) is 7.76. The van der Waals surface area contributed by atoms with E-state index in [1.54, 1.807) is 0 Å². The van der Waals surface area contributed by atoms with Crippen LogP contribution >= 0.6 is 0 Å². The van der Waals surface area contributed by atoms with E-state index in [-0.39, 0.29) is 0 Å². The van der Waals surface area contributed by atoms with E-state index in [0.29, 0.717) is 6.04 Å². The third-order valence-electron chi connectivity index (χ3n) is 3.62. The molecule has 0 aliphatic rings. The molecule has 1 aromatic carbocycles. The number of nitrogens with zero attached hydrogens (tertiary/aromatic N) is 1. The Morgan fingerprint density at radius 3 is 2.65 bits per heavy atom. The number of aryl methyl sites for hydroxylation is 1. The molecule has 2 heteroatoms. The number of aromatic nitrogens is 1. The Balaban J connectivity index is 2.21. The maximum Gasteiger partial charge on any atom is 0.0458 e. The van der Waals surface area contributed by atoms with Gasteiger partial charge in [0, 0.05) is 29.2 Å². The molecule has 0 aliphatic heterocycles. The molecule has 0 saturated carbocycles. The molecule has 0 spiro atoms. The van der Waals surface area contributed by atoms with Crippen molar-refractivity contribution in [2.24, 2.45) is 0 Å². The fourth-order valence-corrected chi connectivity index (χ4v) is 2.20. The van der Waals surface area contributed by atoms with E-state index in [1.165, 1.54) is 22.2 Å². The van der Waals surface area contributed by atoms with Crippen LogP contribution in [0.3, 0.4) is 0 Å². The monoisotopic (exact) mass is 230 g/mol. The quantitative estimate of drug-likeness (QED) is 0.853. The van der Waals surface area contributed by atoms with Gasteiger partial charge in [-0.3, -0.25) is 0 Å². The van der Waals surface area contributed by atoms with Gasteiger partial charge in [0.25, 0.3) is 0 Å². The lowest BCUT2D eigenvalue weighted by Crippen LogP contribution is -2.28. The van der Waals surface area contributed by atoms with E-state index < -0.39 is 0 Å². The normalized spacial score (nSPS) is 11.9. The second kappa shape index (κ2) is 4.92. The van der Waals surface area contributed by atoms with E-state index in [2.05, 4.69) is 62.0 Å². The number of fused-ring (bicyclic) bond motifs is 1. The number of nitrogens with one attached hydrogen (secondary N) is 1. The first-order chi connectivity index (χ1) is 8.09. The van der Waals surface area contributed by atoms with Crippen molar-refractivity contribution in [1.82, 2.24) is 9.88 Å². The average Bonchev–Trinajstić information content (AvgIpc) is 2.61. The van der Waals surface area contributed by atoms with Crippen LogP contribution in [0.4, 0.5) is 0 Å². The average molecular weight is 230 g/mol. The summed E-state index contributed by atoms with van der Waals surface area (Å²) in [4.78, 5) is 5.85. The van der Waals surface area contributed by atoms with E-state index in [1.807, 2.05) is 0 Å². The number of H-pyrrole nitrogens is 1. The molecule has 17 heavy (non-hydrogen) atoms. The first-order valence-electron chi connectivity index (χ1n) is 6.36. The summed E-state index contributed by atoms with van der Waals surface area (Å²) in [7, 11) is 2.19. The Hall–Kier alpha value is -1.28. The highest BCUT2D eigenvalue weighted by Crippen LogP contribution is 2.22. The molecule has 0 atom stereocenters. The molecule has 1 heterocycles. The lowest BCUT2D eigenvalue weighted by atomic mass is 10.1. The van der Waals surface area contributed by atoms with Crippen LogP contribution in [0.2, 0.25) is 0 Å². The van der Waals surface area contributed by atoms with Gasteiger partial charge in [-0.15, -0.1) is 0 Å². The minimum Gasteiger partial charge on any atom is -0.358 e. The highest BCUT2D eigenvalue weighted by atomic mass is 15.1. The van der Waals surface area contributed by atoms with Crippen LogP contribution < -0.4 is 0 Å². The number of benzene rings is 1. The van der Waals surface area contributed by atoms with E-state index in [0.717, 1.165) is 13.0 Å². The minimum atomic E-state index is 0.612. The summed E-state index contributed by atoms with van der Waals surface area (Å²) < 4.78 is 0. The van der Waals surface area contributed by atoms with Crippen LogP contribution in [0, 0.1) is 6.92 Å². The number of aromatic amines is 1. The van der Waals surface area contributed by atoms with Crippen LogP contribution in [0.5, 0.6) is 0 Å². The van der Waals surface area contributed by atoms with Gasteiger partial charge in [0.1, 0.15) is 0 Å². The van der Waals surface area contributed by atoms with Crippen molar-refractivity contribution in [1.29, 1.82) is 0 Å². The Morgan fingerprint density at radius 1 is 1.24 bits per heavy atom. The summed E-state index contributed by atoms with van der Waals surface area (Å²) in [6, 6.07) is 9.18. The summed E-state index contributed by atoms with van der Waals surface area (Å²) in [5.41, 5.74) is 4.03. The van der Waals surface area contributed by atoms with Gasteiger partial charge in [-0.2, -0.15) is 0 Å². The zero-order valence-electron chi connectivity index (χ0n) is 11.2. The fraction of sp³-hybridized carbons (Fsp3) is 0.467. The SMILES string of the molecule is Cc1[nH]c2ccccc2c1CCN(C)C(C)C. The second-order valence-electron chi connectivity index (χ2n) is 5.10. The number of hydrogen-bond donors (Lipinski definition) is 1. The van der Waals surface area contributed by atoms with Gasteiger partial charge in [-0.25, -0.2) is 0 Å². The van der Waals surface area contributed by atoms with Crippen molar-refractivity contribution in [2.75, 3.05) is 13.6 Å². The molecule has 2 nitrogen and oxygen atoms in total. The molecule has 1 aromatic heterocycles. The van der Waals surface area contributed by atoms with Gasteiger partial charge in [0.15, 0.2) is 0 Å². The summed E-state index contributed by atoms with van der Waals surface area (Å²) >= 11 is 0. The van der Waals surface area contributed by atoms with Crippen molar-refractivity contribution in [3.8, 4) is 0 Å². The molecule has 0 amide bonds. The summed E-state index contributed by atoms with van der Waals surface area (Å²) in [6.07, 6.45) is 1.12. The standard InChI is InChI=1S/C15H22N2/c1-11(2)17(4)10-9-13-12(3)16-15-8-6-5-7-14(13)15/h5-8,11,16H,9-10H2,1-4H3. The van der Waals surface area contributed by atoms with Gasteiger partial charge >= 0.3 is 0 Å². The van der Waals surface area contributed by atoms with Crippen LogP contribution in [-0.4, -0.2) is 29.5 Å². The zero-order valence-corrected chi connectivity index (χ0v) is 11.2. The number of rotatable bonds is 4. The largest absolute Gasteiger partial charge is 0.358 e. The van der Waals surface area contributed by atoms with Crippen LogP contribution in [0.25, 0.3) is 10.9 Å². The van der Waals surface area contributed by atoms with E-state index in [4.69, 9.17) is 0 Å². The highest BCUT2D eigenvalue weighted by molar-refractivity contribution is 5.84. The predicted molar refractivity (Wildman–Crippen MR) is 74.5 cm³/mol. The van der Waals surface area contributed by atoms with Gasteiger partial charge in [-0.05, 0) is 45.9 Å². The molecule has 0 radical (unpaired) electrons. The van der Waals surface area contributed by atoms with Crippen LogP contribution in [0.15, 0.2) is 24.3 Å². The zero-order chi connectivity index (χ0) is 12.4. The maximum absolute atomic E-state index is 3.46. The lowest BCUT2D eigenvalue weighted by molar-refractivity contribution is 0.277. The fourth-order valence-electron chi connectivity index (χ4n) is 2.20. The molecule has 92 valence electrons. The number of para-hydroxylation sites is 1. The summed E-state index contributed by atoms with van der Waals surface area (Å²) in [5.74, 6) is 0. The Bertz CT molecular complexity index is 497. The Labute approximate surface area is 104 Å². The lowest BCUT2D eigenvalue weighted by Gasteiger charge is -2.20. The number of hydrogen-bond acceptors (Lipinski definition) is 1. The van der Waals surface area contributed by atoms with Gasteiger partial charge in [0.05, 0.1) is 0 Å². The van der Waals surface area contributed by atoms with Gasteiger partial charge in [0.2, 0.25) is 0 Å². The molecule has 0 saturated heterocycles.